The van der Waals surface area contributed by atoms with E-state index in [0.717, 1.165) is 0 Å². The average Bonchev–Trinajstić information content (AvgIpc) is 2.77. The number of urea groups is 1. The molecule has 1 atom stereocenters. The van der Waals surface area contributed by atoms with E-state index in [0.29, 0.717) is 5.82 Å². The van der Waals surface area contributed by atoms with Gasteiger partial charge < -0.3 is 25.4 Å². The van der Waals surface area contributed by atoms with Gasteiger partial charge in [0.2, 0.25) is 0 Å². The van der Waals surface area contributed by atoms with Crippen LogP contribution in [0.4, 0.5) is 4.79 Å². The summed E-state index contributed by atoms with van der Waals surface area (Å²) in [7, 11) is 1.53. The van der Waals surface area contributed by atoms with Crippen molar-refractivity contribution in [2.45, 2.75) is 12.6 Å². The zero-order valence-corrected chi connectivity index (χ0v) is 9.25. The number of aromatic nitrogens is 2. The summed E-state index contributed by atoms with van der Waals surface area (Å²) in [5.41, 5.74) is 0. The van der Waals surface area contributed by atoms with Crippen molar-refractivity contribution in [3.63, 3.8) is 0 Å². The van der Waals surface area contributed by atoms with E-state index in [9.17, 15) is 9.59 Å². The Hall–Kier alpha value is -2.09. The van der Waals surface area contributed by atoms with Crippen molar-refractivity contribution in [1.82, 2.24) is 20.2 Å². The summed E-state index contributed by atoms with van der Waals surface area (Å²) in [4.78, 5) is 29.9. The van der Waals surface area contributed by atoms with Gasteiger partial charge in [-0.3, -0.25) is 0 Å². The molecule has 1 aromatic rings. The topological polar surface area (TPSA) is 119 Å². The molecule has 0 bridgehead atoms. The number of carbonyl (C=O) groups excluding carboxylic acids is 1. The van der Waals surface area contributed by atoms with Gasteiger partial charge in [-0.1, -0.05) is 0 Å². The summed E-state index contributed by atoms with van der Waals surface area (Å²) >= 11 is 0. The van der Waals surface area contributed by atoms with Gasteiger partial charge in [0.15, 0.2) is 6.10 Å². The normalized spacial score (nSPS) is 11.9. The highest BCUT2D eigenvalue weighted by atomic mass is 16.4. The lowest BCUT2D eigenvalue weighted by Gasteiger charge is -2.17. The Morgan fingerprint density at radius 3 is 2.88 bits per heavy atom. The Morgan fingerprint density at radius 1 is 1.65 bits per heavy atom. The molecule has 0 saturated carbocycles. The summed E-state index contributed by atoms with van der Waals surface area (Å²) < 4.78 is 0. The molecular formula is C9H14N4O4. The summed E-state index contributed by atoms with van der Waals surface area (Å²) in [5, 5.41) is 19.7. The number of imidazole rings is 1. The summed E-state index contributed by atoms with van der Waals surface area (Å²) in [6, 6.07) is -0.485. The van der Waals surface area contributed by atoms with Gasteiger partial charge in [0.25, 0.3) is 0 Å². The number of hydrogen-bond acceptors (Lipinski definition) is 4. The van der Waals surface area contributed by atoms with E-state index >= 15 is 0 Å². The third kappa shape index (κ3) is 4.11. The van der Waals surface area contributed by atoms with Crippen molar-refractivity contribution in [2.24, 2.45) is 0 Å². The van der Waals surface area contributed by atoms with Crippen LogP contribution in [0, 0.1) is 0 Å². The molecule has 8 heteroatoms. The number of aliphatic hydroxyl groups excluding tert-OH is 1. The Bertz CT molecular complexity index is 378. The lowest BCUT2D eigenvalue weighted by molar-refractivity contribution is -0.146. The molecule has 1 heterocycles. The van der Waals surface area contributed by atoms with Crippen molar-refractivity contribution in [3.8, 4) is 0 Å². The summed E-state index contributed by atoms with van der Waals surface area (Å²) in [5.74, 6) is -0.763. The number of nitrogens with zero attached hydrogens (tertiary/aromatic N) is 2. The predicted molar refractivity (Wildman–Crippen MR) is 57.1 cm³/mol. The molecule has 1 aromatic heterocycles. The molecule has 0 aliphatic rings. The van der Waals surface area contributed by atoms with Crippen LogP contribution in [0.2, 0.25) is 0 Å². The molecule has 8 nitrogen and oxygen atoms in total. The number of amides is 2. The number of carboxylic acids is 1. The minimum atomic E-state index is -1.60. The first kappa shape index (κ1) is 13.0. The Kier molecular flexibility index (Phi) is 4.46. The number of aliphatic carboxylic acids is 1. The molecule has 0 saturated heterocycles. The first-order valence-electron chi connectivity index (χ1n) is 4.88. The molecule has 2 amide bonds. The number of hydrogen-bond donors (Lipinski definition) is 4. The van der Waals surface area contributed by atoms with Gasteiger partial charge in [-0.05, 0) is 0 Å². The van der Waals surface area contributed by atoms with Crippen molar-refractivity contribution in [1.29, 1.82) is 0 Å². The molecule has 4 N–H and O–H groups in total. The van der Waals surface area contributed by atoms with Crippen molar-refractivity contribution in [3.05, 3.63) is 18.2 Å². The van der Waals surface area contributed by atoms with Gasteiger partial charge in [0, 0.05) is 19.4 Å². The molecule has 1 rings (SSSR count). The van der Waals surface area contributed by atoms with Gasteiger partial charge in [-0.25, -0.2) is 14.6 Å². The summed E-state index contributed by atoms with van der Waals surface area (Å²) in [6.07, 6.45) is 1.60. The van der Waals surface area contributed by atoms with Crippen LogP contribution in [0.5, 0.6) is 0 Å². The number of H-pyrrole nitrogens is 1. The molecule has 94 valence electrons. The minimum absolute atomic E-state index is 0.266. The van der Waals surface area contributed by atoms with Crippen molar-refractivity contribution in [2.75, 3.05) is 13.6 Å². The fraction of sp³-hybridized carbons (Fsp3) is 0.444. The standard InChI is InChI=1S/C9H14N4O4/c1-13(5-7-10-2-3-11-7)9(17)12-4-6(14)8(15)16/h2-3,6,14H,4-5H2,1H3,(H,10,11)(H,12,17)(H,15,16)/t6-/m0/s1. The Morgan fingerprint density at radius 2 is 2.35 bits per heavy atom. The lowest BCUT2D eigenvalue weighted by Crippen LogP contribution is -2.42. The first-order valence-corrected chi connectivity index (χ1v) is 4.88. The maximum absolute atomic E-state index is 11.5. The van der Waals surface area contributed by atoms with Gasteiger partial charge in [0.1, 0.15) is 5.82 Å². The quantitative estimate of drug-likeness (QED) is 0.528. The molecule has 0 aromatic carbocycles. The van der Waals surface area contributed by atoms with Crippen LogP contribution in [-0.2, 0) is 11.3 Å². The van der Waals surface area contributed by atoms with Crippen LogP contribution in [0.1, 0.15) is 5.82 Å². The Labute approximate surface area is 97.3 Å². The molecule has 17 heavy (non-hydrogen) atoms. The monoisotopic (exact) mass is 242 g/mol. The second-order valence-electron chi connectivity index (χ2n) is 3.43. The number of rotatable bonds is 5. The van der Waals surface area contributed by atoms with Crippen LogP contribution in [0.25, 0.3) is 0 Å². The van der Waals surface area contributed by atoms with E-state index in [4.69, 9.17) is 10.2 Å². The lowest BCUT2D eigenvalue weighted by atomic mass is 10.3. The fourth-order valence-corrected chi connectivity index (χ4v) is 1.09. The van der Waals surface area contributed by atoms with Crippen LogP contribution in [0.3, 0.4) is 0 Å². The highest BCUT2D eigenvalue weighted by molar-refractivity contribution is 5.76. The van der Waals surface area contributed by atoms with Crippen molar-refractivity contribution >= 4 is 12.0 Å². The maximum Gasteiger partial charge on any atom is 0.334 e. The van der Waals surface area contributed by atoms with E-state index in [-0.39, 0.29) is 13.1 Å². The zero-order valence-electron chi connectivity index (χ0n) is 9.25. The molecule has 0 aliphatic carbocycles. The third-order valence-corrected chi connectivity index (χ3v) is 2.02. The van der Waals surface area contributed by atoms with Gasteiger partial charge in [-0.15, -0.1) is 0 Å². The van der Waals surface area contributed by atoms with Gasteiger partial charge >= 0.3 is 12.0 Å². The molecule has 0 fully saturated rings. The number of aliphatic hydroxyl groups is 1. The van der Waals surface area contributed by atoms with E-state index in [2.05, 4.69) is 15.3 Å². The molecule has 0 aliphatic heterocycles. The number of carbonyl (C=O) groups is 2. The van der Waals surface area contributed by atoms with E-state index < -0.39 is 18.1 Å². The smallest absolute Gasteiger partial charge is 0.334 e. The van der Waals surface area contributed by atoms with Crippen LogP contribution >= 0.6 is 0 Å². The predicted octanol–water partition coefficient (Wildman–Crippen LogP) is -1.00. The van der Waals surface area contributed by atoms with E-state index in [1.165, 1.54) is 11.9 Å². The molecule has 0 spiro atoms. The average molecular weight is 242 g/mol. The van der Waals surface area contributed by atoms with E-state index in [1.807, 2.05) is 0 Å². The van der Waals surface area contributed by atoms with Crippen LogP contribution in [-0.4, -0.2) is 56.8 Å². The van der Waals surface area contributed by atoms with Gasteiger partial charge in [0.05, 0.1) is 13.1 Å². The SMILES string of the molecule is CN(Cc1ncc[nH]1)C(=O)NC[C@H](O)C(=O)O. The molecular weight excluding hydrogens is 228 g/mol. The third-order valence-electron chi connectivity index (χ3n) is 2.02. The molecule has 0 unspecified atom stereocenters. The fourth-order valence-electron chi connectivity index (χ4n) is 1.09. The minimum Gasteiger partial charge on any atom is -0.479 e. The van der Waals surface area contributed by atoms with E-state index in [1.54, 1.807) is 12.4 Å². The molecule has 0 radical (unpaired) electrons. The Balaban J connectivity index is 2.34. The second-order valence-corrected chi connectivity index (χ2v) is 3.43. The zero-order chi connectivity index (χ0) is 12.8. The van der Waals surface area contributed by atoms with Crippen molar-refractivity contribution < 1.29 is 19.8 Å². The van der Waals surface area contributed by atoms with Crippen LogP contribution in [0.15, 0.2) is 12.4 Å². The van der Waals surface area contributed by atoms with Crippen LogP contribution < -0.4 is 5.32 Å². The highest BCUT2D eigenvalue weighted by Crippen LogP contribution is 1.95. The highest BCUT2D eigenvalue weighted by Gasteiger charge is 2.16. The first-order chi connectivity index (χ1) is 8.00. The largest absolute Gasteiger partial charge is 0.479 e. The second kappa shape index (κ2) is 5.85. The number of carboxylic acid groups (broad SMARTS) is 1. The maximum atomic E-state index is 11.5. The van der Waals surface area contributed by atoms with Gasteiger partial charge in [-0.2, -0.15) is 0 Å². The number of nitrogens with one attached hydrogen (secondary N) is 2. The number of aromatic amines is 1. The summed E-state index contributed by atoms with van der Waals surface area (Å²) in [6.45, 7) is -0.0708.